The predicted molar refractivity (Wildman–Crippen MR) is 71.9 cm³/mol. The van der Waals surface area contributed by atoms with Crippen molar-refractivity contribution in [1.29, 1.82) is 0 Å². The van der Waals surface area contributed by atoms with E-state index < -0.39 is 0 Å². The van der Waals surface area contributed by atoms with Crippen LogP contribution >= 0.6 is 0 Å². The van der Waals surface area contributed by atoms with Crippen LogP contribution in [0, 0.1) is 11.3 Å². The zero-order valence-corrected chi connectivity index (χ0v) is 11.2. The molecule has 1 aromatic heterocycles. The van der Waals surface area contributed by atoms with Crippen molar-refractivity contribution >= 4 is 0 Å². The quantitative estimate of drug-likeness (QED) is 0.863. The maximum atomic E-state index is 4.21. The number of aromatic nitrogens is 1. The number of hydrogen-bond acceptors (Lipinski definition) is 2. The summed E-state index contributed by atoms with van der Waals surface area (Å²) in [6, 6.07) is 4.79. The van der Waals surface area contributed by atoms with Crippen LogP contribution in [0.4, 0.5) is 0 Å². The molecule has 0 spiro atoms. The molecule has 2 heteroatoms. The molecule has 1 saturated carbocycles. The normalized spacial score (nSPS) is 24.8. The summed E-state index contributed by atoms with van der Waals surface area (Å²) in [5.74, 6) is 0.785. The molecule has 94 valence electrons. The van der Waals surface area contributed by atoms with Crippen LogP contribution in [0.1, 0.15) is 38.7 Å². The van der Waals surface area contributed by atoms with Gasteiger partial charge >= 0.3 is 0 Å². The molecular formula is C15H24N2. The average Bonchev–Trinajstić information content (AvgIpc) is 2.67. The van der Waals surface area contributed by atoms with Gasteiger partial charge in [-0.15, -0.1) is 0 Å². The van der Waals surface area contributed by atoms with Crippen molar-refractivity contribution in [1.82, 2.24) is 10.3 Å². The smallest absolute Gasteiger partial charge is 0.0300 e. The molecule has 0 aliphatic heterocycles. The van der Waals surface area contributed by atoms with Gasteiger partial charge in [0, 0.05) is 18.4 Å². The van der Waals surface area contributed by atoms with Crippen LogP contribution in [0.15, 0.2) is 24.5 Å². The van der Waals surface area contributed by atoms with Crippen molar-refractivity contribution in [2.24, 2.45) is 11.3 Å². The van der Waals surface area contributed by atoms with Gasteiger partial charge in [-0.2, -0.15) is 0 Å². The third-order valence-electron chi connectivity index (χ3n) is 4.37. The first kappa shape index (κ1) is 12.6. The molecule has 0 bridgehead atoms. The number of nitrogens with zero attached hydrogens (tertiary/aromatic N) is 1. The van der Waals surface area contributed by atoms with E-state index in [1.807, 2.05) is 18.5 Å². The zero-order chi connectivity index (χ0) is 12.3. The highest BCUT2D eigenvalue weighted by molar-refractivity contribution is 5.11. The van der Waals surface area contributed by atoms with Crippen LogP contribution in [0.5, 0.6) is 0 Å². The molecule has 2 rings (SSSR count). The molecule has 0 radical (unpaired) electrons. The lowest BCUT2D eigenvalue weighted by atomic mass is 9.76. The van der Waals surface area contributed by atoms with Crippen molar-refractivity contribution in [2.45, 2.75) is 45.6 Å². The van der Waals surface area contributed by atoms with Gasteiger partial charge in [0.25, 0.3) is 0 Å². The lowest BCUT2D eigenvalue weighted by molar-refractivity contribution is 0.201. The predicted octanol–water partition coefficient (Wildman–Crippen LogP) is 3.04. The fourth-order valence-electron chi connectivity index (χ4n) is 3.32. The average molecular weight is 232 g/mol. The van der Waals surface area contributed by atoms with Crippen LogP contribution in [-0.4, -0.2) is 18.1 Å². The van der Waals surface area contributed by atoms with Crippen LogP contribution in [-0.2, 0) is 6.42 Å². The molecule has 1 aliphatic rings. The standard InChI is InChI=1S/C15H24N2/c1-15(2)8-4-7-13(15)14(16-3)10-12-6-5-9-17-11-12/h5-6,9,11,13-14,16H,4,7-8,10H2,1-3H3. The van der Waals surface area contributed by atoms with Crippen molar-refractivity contribution in [3.8, 4) is 0 Å². The summed E-state index contributed by atoms with van der Waals surface area (Å²) in [7, 11) is 2.09. The Balaban J connectivity index is 2.07. The van der Waals surface area contributed by atoms with E-state index in [0.29, 0.717) is 11.5 Å². The van der Waals surface area contributed by atoms with E-state index in [2.05, 4.69) is 37.3 Å². The van der Waals surface area contributed by atoms with E-state index in [4.69, 9.17) is 0 Å². The van der Waals surface area contributed by atoms with Gasteiger partial charge in [-0.25, -0.2) is 0 Å². The van der Waals surface area contributed by atoms with Crippen LogP contribution in [0.25, 0.3) is 0 Å². The van der Waals surface area contributed by atoms with Crippen molar-refractivity contribution < 1.29 is 0 Å². The molecule has 0 saturated heterocycles. The fourth-order valence-corrected chi connectivity index (χ4v) is 3.32. The summed E-state index contributed by atoms with van der Waals surface area (Å²) in [6.45, 7) is 4.83. The molecule has 2 atom stereocenters. The highest BCUT2D eigenvalue weighted by atomic mass is 14.9. The minimum atomic E-state index is 0.482. The van der Waals surface area contributed by atoms with Gasteiger partial charge in [-0.1, -0.05) is 26.3 Å². The van der Waals surface area contributed by atoms with E-state index in [-0.39, 0.29) is 0 Å². The Hall–Kier alpha value is -0.890. The Bertz CT molecular complexity index is 345. The van der Waals surface area contributed by atoms with Crippen molar-refractivity contribution in [3.63, 3.8) is 0 Å². The maximum absolute atomic E-state index is 4.21. The molecular weight excluding hydrogens is 208 g/mol. The molecule has 1 aromatic rings. The van der Waals surface area contributed by atoms with Gasteiger partial charge in [0.15, 0.2) is 0 Å². The summed E-state index contributed by atoms with van der Waals surface area (Å²) < 4.78 is 0. The molecule has 1 aliphatic carbocycles. The number of rotatable bonds is 4. The van der Waals surface area contributed by atoms with Crippen LogP contribution in [0.2, 0.25) is 0 Å². The Morgan fingerprint density at radius 1 is 1.53 bits per heavy atom. The van der Waals surface area contributed by atoms with Crippen molar-refractivity contribution in [3.05, 3.63) is 30.1 Å². The van der Waals surface area contributed by atoms with Gasteiger partial charge < -0.3 is 5.32 Å². The van der Waals surface area contributed by atoms with Crippen LogP contribution in [0.3, 0.4) is 0 Å². The minimum absolute atomic E-state index is 0.482. The molecule has 17 heavy (non-hydrogen) atoms. The highest BCUT2D eigenvalue weighted by Gasteiger charge is 2.38. The third-order valence-corrected chi connectivity index (χ3v) is 4.37. The van der Waals surface area contributed by atoms with Crippen LogP contribution < -0.4 is 5.32 Å². The summed E-state index contributed by atoms with van der Waals surface area (Å²) in [5.41, 5.74) is 1.82. The first-order chi connectivity index (χ1) is 8.13. The van der Waals surface area contributed by atoms with Gasteiger partial charge in [0.05, 0.1) is 0 Å². The Labute approximate surface area is 105 Å². The molecule has 0 aromatic carbocycles. The summed E-state index contributed by atoms with van der Waals surface area (Å²) in [6.07, 6.45) is 9.03. The van der Waals surface area contributed by atoms with E-state index in [0.717, 1.165) is 12.3 Å². The number of hydrogen-bond donors (Lipinski definition) is 1. The summed E-state index contributed by atoms with van der Waals surface area (Å²) in [5, 5.41) is 3.52. The van der Waals surface area contributed by atoms with E-state index >= 15 is 0 Å². The minimum Gasteiger partial charge on any atom is -0.316 e. The zero-order valence-electron chi connectivity index (χ0n) is 11.2. The monoisotopic (exact) mass is 232 g/mol. The molecule has 0 amide bonds. The second-order valence-corrected chi connectivity index (χ2v) is 5.95. The lowest BCUT2D eigenvalue weighted by Gasteiger charge is -2.34. The Morgan fingerprint density at radius 2 is 2.35 bits per heavy atom. The number of nitrogens with one attached hydrogen (secondary N) is 1. The lowest BCUT2D eigenvalue weighted by Crippen LogP contribution is -2.40. The Kier molecular flexibility index (Phi) is 3.82. The fraction of sp³-hybridized carbons (Fsp3) is 0.667. The maximum Gasteiger partial charge on any atom is 0.0300 e. The van der Waals surface area contributed by atoms with E-state index in [9.17, 15) is 0 Å². The van der Waals surface area contributed by atoms with E-state index in [1.54, 1.807) is 0 Å². The van der Waals surface area contributed by atoms with Gasteiger partial charge in [0.1, 0.15) is 0 Å². The molecule has 1 heterocycles. The number of likely N-dealkylation sites (N-methyl/N-ethyl adjacent to an activating group) is 1. The molecule has 1 fully saturated rings. The molecule has 2 unspecified atom stereocenters. The highest BCUT2D eigenvalue weighted by Crippen LogP contribution is 2.44. The van der Waals surface area contributed by atoms with Gasteiger partial charge in [-0.05, 0) is 49.3 Å². The first-order valence-electron chi connectivity index (χ1n) is 6.69. The molecule has 1 N–H and O–H groups in total. The second-order valence-electron chi connectivity index (χ2n) is 5.95. The first-order valence-corrected chi connectivity index (χ1v) is 6.69. The summed E-state index contributed by atoms with van der Waals surface area (Å²) >= 11 is 0. The second kappa shape index (κ2) is 5.18. The Morgan fingerprint density at radius 3 is 2.88 bits per heavy atom. The van der Waals surface area contributed by atoms with Crippen molar-refractivity contribution in [2.75, 3.05) is 7.05 Å². The largest absolute Gasteiger partial charge is 0.316 e. The topological polar surface area (TPSA) is 24.9 Å². The van der Waals surface area contributed by atoms with Gasteiger partial charge in [-0.3, -0.25) is 4.98 Å². The van der Waals surface area contributed by atoms with E-state index in [1.165, 1.54) is 24.8 Å². The SMILES string of the molecule is CNC(Cc1cccnc1)C1CCCC1(C)C. The summed E-state index contributed by atoms with van der Waals surface area (Å²) in [4.78, 5) is 4.21. The third kappa shape index (κ3) is 2.86. The number of pyridine rings is 1. The van der Waals surface area contributed by atoms with Gasteiger partial charge in [0.2, 0.25) is 0 Å². The molecule has 2 nitrogen and oxygen atoms in total.